The van der Waals surface area contributed by atoms with E-state index in [0.717, 1.165) is 18.4 Å². The summed E-state index contributed by atoms with van der Waals surface area (Å²) in [5, 5.41) is 8.96. The molecule has 0 radical (unpaired) electrons. The zero-order chi connectivity index (χ0) is 12.4. The smallest absolute Gasteiger partial charge is 0.407 e. The van der Waals surface area contributed by atoms with Gasteiger partial charge in [0.05, 0.1) is 5.02 Å². The van der Waals surface area contributed by atoms with Gasteiger partial charge in [-0.15, -0.1) is 0 Å². The van der Waals surface area contributed by atoms with Crippen LogP contribution < -0.4 is 0 Å². The maximum atomic E-state index is 13.0. The van der Waals surface area contributed by atoms with Gasteiger partial charge in [0.1, 0.15) is 5.82 Å². The molecule has 0 spiro atoms. The predicted molar refractivity (Wildman–Crippen MR) is 63.0 cm³/mol. The molecule has 17 heavy (non-hydrogen) atoms. The highest BCUT2D eigenvalue weighted by atomic mass is 35.5. The zero-order valence-electron chi connectivity index (χ0n) is 9.20. The highest BCUT2D eigenvalue weighted by Crippen LogP contribution is 2.30. The third-order valence-electron chi connectivity index (χ3n) is 3.18. The van der Waals surface area contributed by atoms with Crippen LogP contribution in [0.25, 0.3) is 0 Å². The van der Waals surface area contributed by atoms with Crippen molar-refractivity contribution in [2.45, 2.75) is 18.8 Å². The molecule has 0 unspecified atom stereocenters. The topological polar surface area (TPSA) is 40.5 Å². The van der Waals surface area contributed by atoms with E-state index in [9.17, 15) is 9.18 Å². The fraction of sp³-hybridized carbons (Fsp3) is 0.417. The largest absolute Gasteiger partial charge is 0.465 e. The van der Waals surface area contributed by atoms with E-state index in [1.165, 1.54) is 11.0 Å². The average molecular weight is 258 g/mol. The van der Waals surface area contributed by atoms with Crippen LogP contribution in [0.5, 0.6) is 0 Å². The summed E-state index contributed by atoms with van der Waals surface area (Å²) in [4.78, 5) is 12.2. The van der Waals surface area contributed by atoms with Crippen LogP contribution in [0, 0.1) is 5.82 Å². The second kappa shape index (κ2) is 4.92. The molecule has 0 saturated carbocycles. The zero-order valence-corrected chi connectivity index (χ0v) is 9.95. The van der Waals surface area contributed by atoms with Crippen molar-refractivity contribution >= 4 is 17.7 Å². The minimum atomic E-state index is -0.874. The molecule has 1 N–H and O–H groups in total. The molecule has 1 amide bonds. The van der Waals surface area contributed by atoms with Gasteiger partial charge in [-0.1, -0.05) is 17.7 Å². The van der Waals surface area contributed by atoms with Crippen LogP contribution in [0.2, 0.25) is 5.02 Å². The van der Waals surface area contributed by atoms with Crippen molar-refractivity contribution < 1.29 is 14.3 Å². The van der Waals surface area contributed by atoms with Gasteiger partial charge in [0, 0.05) is 13.1 Å². The van der Waals surface area contributed by atoms with E-state index in [0.29, 0.717) is 13.1 Å². The van der Waals surface area contributed by atoms with Gasteiger partial charge in [-0.05, 0) is 36.5 Å². The first-order valence-corrected chi connectivity index (χ1v) is 5.88. The summed E-state index contributed by atoms with van der Waals surface area (Å²) < 4.78 is 13.0. The fourth-order valence-electron chi connectivity index (χ4n) is 2.17. The highest BCUT2D eigenvalue weighted by Gasteiger charge is 2.23. The molecule has 3 nitrogen and oxygen atoms in total. The number of amides is 1. The molecule has 0 aromatic heterocycles. The second-order valence-corrected chi connectivity index (χ2v) is 4.62. The Morgan fingerprint density at radius 2 is 2.06 bits per heavy atom. The SMILES string of the molecule is O=C(O)N1CCC(c2ccc(F)c(Cl)c2)CC1. The lowest BCUT2D eigenvalue weighted by Gasteiger charge is -2.30. The Bertz CT molecular complexity index is 431. The molecule has 5 heteroatoms. The fourth-order valence-corrected chi connectivity index (χ4v) is 2.36. The van der Waals surface area contributed by atoms with E-state index in [-0.39, 0.29) is 10.9 Å². The maximum Gasteiger partial charge on any atom is 0.407 e. The van der Waals surface area contributed by atoms with Crippen LogP contribution >= 0.6 is 11.6 Å². The number of halogens is 2. The summed E-state index contributed by atoms with van der Waals surface area (Å²) in [5.41, 5.74) is 0.987. The number of hydrogen-bond acceptors (Lipinski definition) is 1. The molecule has 1 heterocycles. The van der Waals surface area contributed by atoms with Gasteiger partial charge < -0.3 is 10.0 Å². The van der Waals surface area contributed by atoms with E-state index in [4.69, 9.17) is 16.7 Å². The number of carbonyl (C=O) groups is 1. The van der Waals surface area contributed by atoms with Gasteiger partial charge >= 0.3 is 6.09 Å². The van der Waals surface area contributed by atoms with Crippen molar-refractivity contribution in [1.29, 1.82) is 0 Å². The second-order valence-electron chi connectivity index (χ2n) is 4.22. The number of benzene rings is 1. The Balaban J connectivity index is 2.05. The molecule has 2 rings (SSSR count). The van der Waals surface area contributed by atoms with E-state index in [1.807, 2.05) is 0 Å². The summed E-state index contributed by atoms with van der Waals surface area (Å²) in [6.45, 7) is 1.05. The molecule has 1 aromatic carbocycles. The summed E-state index contributed by atoms with van der Waals surface area (Å²) in [5.74, 6) is -0.151. The van der Waals surface area contributed by atoms with Gasteiger partial charge in [-0.25, -0.2) is 9.18 Å². The van der Waals surface area contributed by atoms with Gasteiger partial charge in [-0.2, -0.15) is 0 Å². The van der Waals surface area contributed by atoms with Gasteiger partial charge in [-0.3, -0.25) is 0 Å². The Labute approximate surface area is 104 Å². The number of carboxylic acid groups (broad SMARTS) is 1. The molecule has 1 fully saturated rings. The normalized spacial score (nSPS) is 17.2. The van der Waals surface area contributed by atoms with Crippen molar-refractivity contribution in [3.05, 3.63) is 34.6 Å². The molecule has 92 valence electrons. The van der Waals surface area contributed by atoms with Crippen molar-refractivity contribution in [3.8, 4) is 0 Å². The third kappa shape index (κ3) is 2.69. The first-order valence-electron chi connectivity index (χ1n) is 5.50. The van der Waals surface area contributed by atoms with Crippen LogP contribution in [0.1, 0.15) is 24.3 Å². The lowest BCUT2D eigenvalue weighted by atomic mass is 9.89. The minimum Gasteiger partial charge on any atom is -0.465 e. The molecule has 0 aliphatic carbocycles. The van der Waals surface area contributed by atoms with Crippen LogP contribution in [0.4, 0.5) is 9.18 Å². The highest BCUT2D eigenvalue weighted by molar-refractivity contribution is 6.30. The molecule has 1 aliphatic rings. The molecule has 1 aliphatic heterocycles. The minimum absolute atomic E-state index is 0.128. The number of nitrogens with zero attached hydrogens (tertiary/aromatic N) is 1. The maximum absolute atomic E-state index is 13.0. The molecule has 0 atom stereocenters. The molecule has 1 aromatic rings. The van der Waals surface area contributed by atoms with Crippen LogP contribution in [0.15, 0.2) is 18.2 Å². The van der Waals surface area contributed by atoms with Gasteiger partial charge in [0.25, 0.3) is 0 Å². The van der Waals surface area contributed by atoms with E-state index in [2.05, 4.69) is 0 Å². The molecule has 1 saturated heterocycles. The van der Waals surface area contributed by atoms with E-state index in [1.54, 1.807) is 12.1 Å². The molecule has 0 bridgehead atoms. The van der Waals surface area contributed by atoms with Crippen molar-refractivity contribution in [3.63, 3.8) is 0 Å². The summed E-state index contributed by atoms with van der Waals surface area (Å²) in [6.07, 6.45) is 0.642. The Hall–Kier alpha value is -1.29. The van der Waals surface area contributed by atoms with Crippen LogP contribution in [-0.4, -0.2) is 29.2 Å². The van der Waals surface area contributed by atoms with Crippen molar-refractivity contribution in [2.24, 2.45) is 0 Å². The van der Waals surface area contributed by atoms with Gasteiger partial charge in [0.15, 0.2) is 0 Å². The van der Waals surface area contributed by atoms with Crippen LogP contribution in [-0.2, 0) is 0 Å². The van der Waals surface area contributed by atoms with Crippen LogP contribution in [0.3, 0.4) is 0 Å². The van der Waals surface area contributed by atoms with Gasteiger partial charge in [0.2, 0.25) is 0 Å². The lowest BCUT2D eigenvalue weighted by molar-refractivity contribution is 0.132. The summed E-state index contributed by atoms with van der Waals surface area (Å²) in [6, 6.07) is 4.72. The molecular weight excluding hydrogens is 245 g/mol. The van der Waals surface area contributed by atoms with Crippen molar-refractivity contribution in [2.75, 3.05) is 13.1 Å². The van der Waals surface area contributed by atoms with E-state index < -0.39 is 11.9 Å². The first-order chi connectivity index (χ1) is 8.08. The predicted octanol–water partition coefficient (Wildman–Crippen LogP) is 3.34. The van der Waals surface area contributed by atoms with E-state index >= 15 is 0 Å². The number of rotatable bonds is 1. The standard InChI is InChI=1S/C12H13ClFNO2/c13-10-7-9(1-2-11(10)14)8-3-5-15(6-4-8)12(16)17/h1-2,7-8H,3-6H2,(H,16,17). The Morgan fingerprint density at radius 1 is 1.41 bits per heavy atom. The number of likely N-dealkylation sites (tertiary alicyclic amines) is 1. The summed E-state index contributed by atoms with van der Waals surface area (Å²) >= 11 is 5.73. The van der Waals surface area contributed by atoms with Crippen molar-refractivity contribution in [1.82, 2.24) is 4.90 Å². The Kier molecular flexibility index (Phi) is 3.52. The molecular formula is C12H13ClFNO2. The quantitative estimate of drug-likeness (QED) is 0.838. The third-order valence-corrected chi connectivity index (χ3v) is 3.47. The summed E-state index contributed by atoms with van der Waals surface area (Å²) in [7, 11) is 0. The monoisotopic (exact) mass is 257 g/mol. The Morgan fingerprint density at radius 3 is 2.59 bits per heavy atom. The average Bonchev–Trinajstić information content (AvgIpc) is 2.33. The first kappa shape index (κ1) is 12.2. The number of piperidine rings is 1. The number of hydrogen-bond donors (Lipinski definition) is 1. The lowest BCUT2D eigenvalue weighted by Crippen LogP contribution is -2.36.